The van der Waals surface area contributed by atoms with Gasteiger partial charge in [0.1, 0.15) is 7.26 Å². The highest BCUT2D eigenvalue weighted by atomic mass is 31.2. The predicted molar refractivity (Wildman–Crippen MR) is 122 cm³/mol. The molecule has 1 heteroatoms. The molecule has 0 saturated carbocycles. The zero-order valence-corrected chi connectivity index (χ0v) is 19.3. The first-order valence-electron chi connectivity index (χ1n) is 10.5. The van der Waals surface area contributed by atoms with Crippen molar-refractivity contribution in [2.75, 3.05) is 0 Å². The van der Waals surface area contributed by atoms with E-state index in [0.717, 1.165) is 0 Å². The van der Waals surface area contributed by atoms with Crippen molar-refractivity contribution in [3.8, 4) is 0 Å². The van der Waals surface area contributed by atoms with Crippen LogP contribution in [0.2, 0.25) is 0 Å². The number of hydrogen-bond donors (Lipinski definition) is 0. The maximum Gasteiger partial charge on any atom is 0.124 e. The van der Waals surface area contributed by atoms with E-state index in [9.17, 15) is 0 Å². The normalized spacial score (nSPS) is 17.0. The van der Waals surface area contributed by atoms with Gasteiger partial charge in [0, 0.05) is 0 Å². The number of rotatable bonds is 12. The minimum absolute atomic E-state index is 1.19. The van der Waals surface area contributed by atoms with Crippen LogP contribution in [-0.4, -0.2) is 0 Å². The van der Waals surface area contributed by atoms with Gasteiger partial charge in [0.25, 0.3) is 0 Å². The van der Waals surface area contributed by atoms with E-state index in [4.69, 9.17) is 0 Å². The van der Waals surface area contributed by atoms with Crippen molar-refractivity contribution in [1.29, 1.82) is 0 Å². The van der Waals surface area contributed by atoms with Gasteiger partial charge < -0.3 is 0 Å². The van der Waals surface area contributed by atoms with Gasteiger partial charge in [-0.05, 0) is 77.7 Å². The molecule has 144 valence electrons. The van der Waals surface area contributed by atoms with E-state index < -0.39 is 7.26 Å². The summed E-state index contributed by atoms with van der Waals surface area (Å²) in [6, 6.07) is 0. The van der Waals surface area contributed by atoms with Gasteiger partial charge in [-0.1, -0.05) is 53.4 Å². The highest BCUT2D eigenvalue weighted by Gasteiger charge is 2.46. The maximum absolute atomic E-state index is 2.53. The lowest BCUT2D eigenvalue weighted by Gasteiger charge is -2.30. The molecule has 0 spiro atoms. The van der Waals surface area contributed by atoms with Gasteiger partial charge in [0.15, 0.2) is 0 Å². The number of allylic oxidation sites excluding steroid dienone is 8. The lowest BCUT2D eigenvalue weighted by Crippen LogP contribution is -2.02. The fourth-order valence-electron chi connectivity index (χ4n) is 3.63. The predicted octanol–water partition coefficient (Wildman–Crippen LogP) is 9.82. The Bertz CT molecular complexity index is 395. The second-order valence-corrected chi connectivity index (χ2v) is 11.4. The molecule has 0 atom stereocenters. The molecule has 25 heavy (non-hydrogen) atoms. The third-order valence-electron chi connectivity index (χ3n) is 5.03. The third-order valence-corrected chi connectivity index (χ3v) is 9.99. The summed E-state index contributed by atoms with van der Waals surface area (Å²) in [6.45, 7) is 18.7. The van der Waals surface area contributed by atoms with Gasteiger partial charge in [0.2, 0.25) is 0 Å². The van der Waals surface area contributed by atoms with Crippen LogP contribution >= 0.6 is 7.26 Å². The quantitative estimate of drug-likeness (QED) is 0.303. The van der Waals surface area contributed by atoms with Crippen molar-refractivity contribution in [2.45, 2.75) is 107 Å². The molecule has 0 aliphatic carbocycles. The summed E-state index contributed by atoms with van der Waals surface area (Å²) >= 11 is 0. The van der Waals surface area contributed by atoms with Crippen molar-refractivity contribution in [1.82, 2.24) is 0 Å². The fraction of sp³-hybridized carbons (Fsp3) is 0.667. The fourth-order valence-corrected chi connectivity index (χ4v) is 8.58. The molecule has 0 aliphatic rings. The molecule has 0 fully saturated rings. The SMILES string of the molecule is CCCC=C(C)[P+](C(C)=CCCC)(C(C)=CCCC)C(C)=CCCC. The van der Waals surface area contributed by atoms with Crippen LogP contribution in [0.15, 0.2) is 45.6 Å². The monoisotopic (exact) mass is 363 g/mol. The van der Waals surface area contributed by atoms with Gasteiger partial charge in [-0.3, -0.25) is 0 Å². The van der Waals surface area contributed by atoms with E-state index in [-0.39, 0.29) is 0 Å². The van der Waals surface area contributed by atoms with Crippen LogP contribution in [0.25, 0.3) is 0 Å². The molecule has 0 aromatic rings. The third kappa shape index (κ3) is 6.90. The van der Waals surface area contributed by atoms with E-state index in [1.54, 1.807) is 21.3 Å². The van der Waals surface area contributed by atoms with Crippen molar-refractivity contribution in [3.63, 3.8) is 0 Å². The Morgan fingerprint density at radius 1 is 0.480 bits per heavy atom. The maximum atomic E-state index is 2.53. The zero-order valence-electron chi connectivity index (χ0n) is 18.4. The number of unbranched alkanes of at least 4 members (excludes halogenated alkanes) is 4. The molecular weight excluding hydrogens is 319 g/mol. The van der Waals surface area contributed by atoms with Crippen LogP contribution < -0.4 is 0 Å². The molecule has 0 N–H and O–H groups in total. The van der Waals surface area contributed by atoms with Gasteiger partial charge >= 0.3 is 0 Å². The smallest absolute Gasteiger partial charge is 0.0651 e. The summed E-state index contributed by atoms with van der Waals surface area (Å²) in [6.07, 6.45) is 19.8. The van der Waals surface area contributed by atoms with E-state index in [2.05, 4.69) is 79.7 Å². The molecule has 0 radical (unpaired) electrons. The Labute approximate surface area is 159 Å². The average molecular weight is 364 g/mol. The highest BCUT2D eigenvalue weighted by Crippen LogP contribution is 2.82. The minimum atomic E-state index is -1.53. The Morgan fingerprint density at radius 2 is 0.680 bits per heavy atom. The van der Waals surface area contributed by atoms with Gasteiger partial charge in [-0.15, -0.1) is 0 Å². The first kappa shape index (κ1) is 24.4. The van der Waals surface area contributed by atoms with Gasteiger partial charge in [0.05, 0.1) is 21.3 Å². The van der Waals surface area contributed by atoms with Crippen LogP contribution in [0, 0.1) is 0 Å². The van der Waals surface area contributed by atoms with E-state index in [1.807, 2.05) is 0 Å². The summed E-state index contributed by atoms with van der Waals surface area (Å²) in [7, 11) is -1.53. The standard InChI is InChI=1S/C24H44P/c1-9-13-17-21(5)25(22(6)18-14-10-2,23(7)19-15-11-3)24(8)20-16-12-4/h17-20H,9-16H2,1-8H3/q+1. The molecule has 0 heterocycles. The second kappa shape index (κ2) is 13.6. The second-order valence-electron chi connectivity index (χ2n) is 7.21. The highest BCUT2D eigenvalue weighted by molar-refractivity contribution is 7.90. The minimum Gasteiger partial charge on any atom is -0.0651 e. The molecule has 0 aromatic heterocycles. The summed E-state index contributed by atoms with van der Waals surface area (Å²) in [5.41, 5.74) is 0. The summed E-state index contributed by atoms with van der Waals surface area (Å²) < 4.78 is 0. The molecule has 0 bridgehead atoms. The summed E-state index contributed by atoms with van der Waals surface area (Å²) in [4.78, 5) is 0. The average Bonchev–Trinajstić information content (AvgIpc) is 2.61. The van der Waals surface area contributed by atoms with Gasteiger partial charge in [-0.25, -0.2) is 0 Å². The Balaban J connectivity index is 6.50. The lowest BCUT2D eigenvalue weighted by molar-refractivity contribution is 0.948. The van der Waals surface area contributed by atoms with Crippen LogP contribution in [0.5, 0.6) is 0 Å². The molecule has 0 aromatic carbocycles. The Morgan fingerprint density at radius 3 is 0.840 bits per heavy atom. The van der Waals surface area contributed by atoms with Crippen molar-refractivity contribution in [3.05, 3.63) is 45.6 Å². The molecule has 0 rings (SSSR count). The molecule has 0 unspecified atom stereocenters. The topological polar surface area (TPSA) is 0 Å². The zero-order chi connectivity index (χ0) is 19.3. The largest absolute Gasteiger partial charge is 0.124 e. The molecule has 0 nitrogen and oxygen atoms in total. The van der Waals surface area contributed by atoms with E-state index in [1.165, 1.54) is 51.4 Å². The molecule has 0 amide bonds. The van der Waals surface area contributed by atoms with Crippen LogP contribution in [0.4, 0.5) is 0 Å². The van der Waals surface area contributed by atoms with Gasteiger partial charge in [-0.2, -0.15) is 0 Å². The Kier molecular flexibility index (Phi) is 13.2. The van der Waals surface area contributed by atoms with Crippen molar-refractivity contribution < 1.29 is 0 Å². The van der Waals surface area contributed by atoms with E-state index in [0.29, 0.717) is 0 Å². The van der Waals surface area contributed by atoms with Crippen LogP contribution in [-0.2, 0) is 0 Å². The van der Waals surface area contributed by atoms with Crippen molar-refractivity contribution >= 4 is 7.26 Å². The van der Waals surface area contributed by atoms with Crippen molar-refractivity contribution in [2.24, 2.45) is 0 Å². The lowest BCUT2D eigenvalue weighted by atomic mass is 10.3. The first-order chi connectivity index (χ1) is 11.9. The molecule has 0 saturated heterocycles. The van der Waals surface area contributed by atoms with E-state index >= 15 is 0 Å². The molecule has 0 aliphatic heterocycles. The summed E-state index contributed by atoms with van der Waals surface area (Å²) in [5, 5.41) is 6.48. The van der Waals surface area contributed by atoms with Crippen LogP contribution in [0.1, 0.15) is 107 Å². The Hall–Kier alpha value is -0.610. The first-order valence-corrected chi connectivity index (χ1v) is 12.3. The summed E-state index contributed by atoms with van der Waals surface area (Å²) in [5.74, 6) is 0. The number of hydrogen-bond acceptors (Lipinski definition) is 0. The molecular formula is C24H44P+. The van der Waals surface area contributed by atoms with Crippen LogP contribution in [0.3, 0.4) is 0 Å².